The Balaban J connectivity index is 1.60. The molecule has 0 N–H and O–H groups in total. The van der Waals surface area contributed by atoms with E-state index in [1.165, 1.54) is 27.5 Å². The molecule has 0 saturated carbocycles. The first-order valence-corrected chi connectivity index (χ1v) is 7.99. The Hall–Kier alpha value is -3.62. The Morgan fingerprint density at radius 2 is 2.15 bits per heavy atom. The smallest absolute Gasteiger partial charge is 0.341 e. The van der Waals surface area contributed by atoms with Gasteiger partial charge in [-0.05, 0) is 18.6 Å². The minimum absolute atomic E-state index is 0.113. The third kappa shape index (κ3) is 2.69. The van der Waals surface area contributed by atoms with Crippen molar-refractivity contribution in [1.82, 2.24) is 29.0 Å². The zero-order valence-corrected chi connectivity index (χ0v) is 13.9. The first-order chi connectivity index (χ1) is 12.7. The fraction of sp³-hybridized carbons (Fsp3) is 0.176. The van der Waals surface area contributed by atoms with Crippen molar-refractivity contribution >= 4 is 17.4 Å². The van der Waals surface area contributed by atoms with Crippen LogP contribution in [0.5, 0.6) is 0 Å². The Kier molecular flexibility index (Phi) is 3.88. The van der Waals surface area contributed by atoms with E-state index in [-0.39, 0.29) is 12.2 Å². The molecule has 0 unspecified atom stereocenters. The van der Waals surface area contributed by atoms with Crippen LogP contribution in [-0.2, 0) is 17.8 Å². The van der Waals surface area contributed by atoms with Crippen molar-refractivity contribution in [3.63, 3.8) is 0 Å². The summed E-state index contributed by atoms with van der Waals surface area (Å²) in [6, 6.07) is 6.59. The number of carbonyl (C=O) groups excluding carboxylic acids is 1. The lowest BCUT2D eigenvalue weighted by atomic mass is 10.2. The van der Waals surface area contributed by atoms with Gasteiger partial charge in [-0.2, -0.15) is 10.1 Å². The van der Waals surface area contributed by atoms with Crippen LogP contribution in [0.1, 0.15) is 28.7 Å². The summed E-state index contributed by atoms with van der Waals surface area (Å²) in [4.78, 5) is 37.0. The van der Waals surface area contributed by atoms with Gasteiger partial charge in [0, 0.05) is 18.5 Å². The molecule has 4 rings (SSSR count). The number of ether oxygens (including phenoxy) is 1. The maximum atomic E-state index is 12.5. The van der Waals surface area contributed by atoms with Crippen molar-refractivity contribution in [2.24, 2.45) is 0 Å². The minimum Gasteiger partial charge on any atom is -0.455 e. The molecular weight excluding hydrogens is 336 g/mol. The average Bonchev–Trinajstić information content (AvgIpc) is 3.14. The van der Waals surface area contributed by atoms with Gasteiger partial charge in [-0.3, -0.25) is 9.20 Å². The molecule has 130 valence electrons. The van der Waals surface area contributed by atoms with Gasteiger partial charge in [-0.1, -0.05) is 13.0 Å². The lowest BCUT2D eigenvalue weighted by Gasteiger charge is -2.09. The molecule has 0 atom stereocenters. The van der Waals surface area contributed by atoms with Gasteiger partial charge in [0.1, 0.15) is 18.6 Å². The summed E-state index contributed by atoms with van der Waals surface area (Å²) in [5, 5.41) is 4.08. The van der Waals surface area contributed by atoms with Gasteiger partial charge in [0.25, 0.3) is 11.3 Å². The summed E-state index contributed by atoms with van der Waals surface area (Å²) in [5.74, 6) is -0.135. The largest absolute Gasteiger partial charge is 0.455 e. The van der Waals surface area contributed by atoms with Crippen molar-refractivity contribution in [3.05, 3.63) is 70.3 Å². The summed E-state index contributed by atoms with van der Waals surface area (Å²) in [7, 11) is 0. The first kappa shape index (κ1) is 15.9. The molecule has 0 bridgehead atoms. The van der Waals surface area contributed by atoms with Gasteiger partial charge in [0.2, 0.25) is 0 Å². The minimum atomic E-state index is -0.554. The third-order valence-electron chi connectivity index (χ3n) is 3.94. The second kappa shape index (κ2) is 6.36. The number of fused-ring (bicyclic) bond motifs is 2. The molecule has 0 amide bonds. The van der Waals surface area contributed by atoms with E-state index in [0.29, 0.717) is 34.8 Å². The predicted octanol–water partition coefficient (Wildman–Crippen LogP) is 1.05. The maximum absolute atomic E-state index is 12.5. The second-order valence-electron chi connectivity index (χ2n) is 5.53. The van der Waals surface area contributed by atoms with Crippen molar-refractivity contribution in [2.45, 2.75) is 20.0 Å². The van der Waals surface area contributed by atoms with E-state index >= 15 is 0 Å². The molecule has 4 aromatic heterocycles. The summed E-state index contributed by atoms with van der Waals surface area (Å²) < 4.78 is 8.27. The third-order valence-corrected chi connectivity index (χ3v) is 3.94. The second-order valence-corrected chi connectivity index (χ2v) is 5.53. The number of rotatable bonds is 4. The fourth-order valence-electron chi connectivity index (χ4n) is 2.73. The van der Waals surface area contributed by atoms with Crippen LogP contribution in [-0.4, -0.2) is 34.9 Å². The zero-order chi connectivity index (χ0) is 18.1. The lowest BCUT2D eigenvalue weighted by molar-refractivity contribution is 0.0465. The molecule has 0 saturated heterocycles. The topological polar surface area (TPSA) is 104 Å². The van der Waals surface area contributed by atoms with E-state index in [1.807, 2.05) is 6.92 Å². The number of pyridine rings is 1. The van der Waals surface area contributed by atoms with Crippen LogP contribution >= 0.6 is 0 Å². The van der Waals surface area contributed by atoms with Crippen LogP contribution in [0.2, 0.25) is 0 Å². The Morgan fingerprint density at radius 3 is 3.00 bits per heavy atom. The van der Waals surface area contributed by atoms with Crippen molar-refractivity contribution < 1.29 is 9.53 Å². The maximum Gasteiger partial charge on any atom is 0.341 e. The molecule has 9 heteroatoms. The van der Waals surface area contributed by atoms with E-state index < -0.39 is 5.97 Å². The van der Waals surface area contributed by atoms with Gasteiger partial charge in [-0.25, -0.2) is 19.3 Å². The number of nitrogens with zero attached hydrogens (tertiary/aromatic N) is 6. The molecule has 4 aromatic rings. The normalized spacial score (nSPS) is 11.1. The van der Waals surface area contributed by atoms with Crippen LogP contribution in [0, 0.1) is 0 Å². The number of aryl methyl sites for hydroxylation is 1. The van der Waals surface area contributed by atoms with E-state index in [9.17, 15) is 9.59 Å². The van der Waals surface area contributed by atoms with Gasteiger partial charge in [0.05, 0.1) is 17.0 Å². The predicted molar refractivity (Wildman–Crippen MR) is 90.7 cm³/mol. The molecule has 26 heavy (non-hydrogen) atoms. The van der Waals surface area contributed by atoms with Crippen LogP contribution < -0.4 is 5.56 Å². The summed E-state index contributed by atoms with van der Waals surface area (Å²) in [6.45, 7) is 1.79. The number of hydrogen-bond acceptors (Lipinski definition) is 7. The molecule has 0 fully saturated rings. The SMILES string of the molecule is CCc1c(C(=O)OCc2cc(=O)n3ccccc3n2)cnc2ncnn12. The van der Waals surface area contributed by atoms with Crippen molar-refractivity contribution in [1.29, 1.82) is 0 Å². The number of carbonyl (C=O) groups is 1. The molecule has 0 radical (unpaired) electrons. The Morgan fingerprint density at radius 1 is 1.27 bits per heavy atom. The van der Waals surface area contributed by atoms with Crippen LogP contribution in [0.3, 0.4) is 0 Å². The standard InChI is InChI=1S/C17H14N6O3/c1-2-13-12(8-18-17-19-10-20-23(13)17)16(25)26-9-11-7-15(24)22-6-4-3-5-14(22)21-11/h3-8,10H,2,9H2,1H3. The monoisotopic (exact) mass is 350 g/mol. The lowest BCUT2D eigenvalue weighted by Crippen LogP contribution is -2.17. The van der Waals surface area contributed by atoms with E-state index in [4.69, 9.17) is 4.74 Å². The first-order valence-electron chi connectivity index (χ1n) is 7.99. The number of esters is 1. The molecule has 0 spiro atoms. The summed E-state index contributed by atoms with van der Waals surface area (Å²) in [5.41, 5.74) is 1.60. The van der Waals surface area contributed by atoms with E-state index in [1.54, 1.807) is 24.4 Å². The highest BCUT2D eigenvalue weighted by Crippen LogP contribution is 2.12. The highest BCUT2D eigenvalue weighted by Gasteiger charge is 2.17. The van der Waals surface area contributed by atoms with Crippen molar-refractivity contribution in [3.8, 4) is 0 Å². The summed E-state index contributed by atoms with van der Waals surface area (Å²) >= 11 is 0. The average molecular weight is 350 g/mol. The molecule has 0 aromatic carbocycles. The quantitative estimate of drug-likeness (QED) is 0.507. The van der Waals surface area contributed by atoms with Crippen molar-refractivity contribution in [2.75, 3.05) is 0 Å². The Labute approximate surface area is 146 Å². The number of aromatic nitrogens is 6. The summed E-state index contributed by atoms with van der Waals surface area (Å²) in [6.07, 6.45) is 4.99. The van der Waals surface area contributed by atoms with Gasteiger partial charge < -0.3 is 4.74 Å². The molecule has 9 nitrogen and oxygen atoms in total. The molecular formula is C17H14N6O3. The number of hydrogen-bond donors (Lipinski definition) is 0. The van der Waals surface area contributed by atoms with E-state index in [2.05, 4.69) is 20.1 Å². The fourth-order valence-corrected chi connectivity index (χ4v) is 2.73. The zero-order valence-electron chi connectivity index (χ0n) is 13.9. The van der Waals surface area contributed by atoms with Gasteiger partial charge in [-0.15, -0.1) is 0 Å². The van der Waals surface area contributed by atoms with Crippen LogP contribution in [0.15, 0.2) is 47.8 Å². The Bertz CT molecular complexity index is 1180. The highest BCUT2D eigenvalue weighted by molar-refractivity contribution is 5.90. The molecule has 4 heterocycles. The molecule has 0 aliphatic carbocycles. The highest BCUT2D eigenvalue weighted by atomic mass is 16.5. The van der Waals surface area contributed by atoms with Gasteiger partial charge >= 0.3 is 5.97 Å². The van der Waals surface area contributed by atoms with Crippen LogP contribution in [0.25, 0.3) is 11.4 Å². The van der Waals surface area contributed by atoms with Crippen LogP contribution in [0.4, 0.5) is 0 Å². The molecule has 0 aliphatic rings. The van der Waals surface area contributed by atoms with E-state index in [0.717, 1.165) is 0 Å². The van der Waals surface area contributed by atoms with Gasteiger partial charge in [0.15, 0.2) is 0 Å². The molecule has 0 aliphatic heterocycles.